The van der Waals surface area contributed by atoms with Crippen LogP contribution in [0.5, 0.6) is 0 Å². The summed E-state index contributed by atoms with van der Waals surface area (Å²) in [5.41, 5.74) is 2.21. The molecule has 2 aromatic heterocycles. The van der Waals surface area contributed by atoms with Crippen molar-refractivity contribution in [3.63, 3.8) is 0 Å². The molecule has 0 aliphatic heterocycles. The van der Waals surface area contributed by atoms with Crippen LogP contribution in [0.2, 0.25) is 0 Å². The third-order valence-corrected chi connectivity index (χ3v) is 2.49. The summed E-state index contributed by atoms with van der Waals surface area (Å²) in [7, 11) is 0. The van der Waals surface area contributed by atoms with Gasteiger partial charge in [-0.1, -0.05) is 6.92 Å². The molecule has 0 fully saturated rings. The summed E-state index contributed by atoms with van der Waals surface area (Å²) in [6.07, 6.45) is 7.72. The molecular weight excluding hydrogens is 214 g/mol. The molecule has 0 aromatic carbocycles. The predicted molar refractivity (Wildman–Crippen MR) is 64.9 cm³/mol. The van der Waals surface area contributed by atoms with Gasteiger partial charge in [0.15, 0.2) is 5.78 Å². The fraction of sp³-hybridized carbons (Fsp3) is 0.308. The number of hydrogen-bond acceptors (Lipinski definition) is 3. The molecule has 4 heteroatoms. The second kappa shape index (κ2) is 4.91. The smallest absolute Gasteiger partial charge is 0.197 e. The van der Waals surface area contributed by atoms with Crippen LogP contribution in [0.4, 0.5) is 0 Å². The Labute approximate surface area is 100 Å². The number of ketones is 1. The summed E-state index contributed by atoms with van der Waals surface area (Å²) in [6.45, 7) is 4.83. The molecule has 0 saturated carbocycles. The zero-order valence-electron chi connectivity index (χ0n) is 10.1. The van der Waals surface area contributed by atoms with Crippen LogP contribution >= 0.6 is 0 Å². The summed E-state index contributed by atoms with van der Waals surface area (Å²) in [6, 6.07) is 1.84. The highest BCUT2D eigenvalue weighted by Crippen LogP contribution is 2.09. The molecule has 0 amide bonds. The van der Waals surface area contributed by atoms with Crippen molar-refractivity contribution >= 4 is 5.78 Å². The van der Waals surface area contributed by atoms with Crippen molar-refractivity contribution < 1.29 is 4.79 Å². The summed E-state index contributed by atoms with van der Waals surface area (Å²) in [5, 5.41) is 4.15. The van der Waals surface area contributed by atoms with Crippen molar-refractivity contribution in [2.75, 3.05) is 0 Å². The van der Waals surface area contributed by atoms with E-state index in [1.165, 1.54) is 0 Å². The van der Waals surface area contributed by atoms with Gasteiger partial charge in [0.2, 0.25) is 0 Å². The van der Waals surface area contributed by atoms with Crippen molar-refractivity contribution in [1.82, 2.24) is 14.8 Å². The third-order valence-electron chi connectivity index (χ3n) is 2.49. The average Bonchev–Trinajstić information content (AvgIpc) is 2.77. The molecular formula is C13H15N3O. The molecule has 0 radical (unpaired) electrons. The minimum atomic E-state index is -0.0245. The van der Waals surface area contributed by atoms with Crippen molar-refractivity contribution in [3.05, 3.63) is 47.5 Å². The molecule has 0 saturated heterocycles. The number of pyridine rings is 1. The lowest BCUT2D eigenvalue weighted by Crippen LogP contribution is -2.01. The maximum absolute atomic E-state index is 12.1. The minimum absolute atomic E-state index is 0.0245. The monoisotopic (exact) mass is 229 g/mol. The summed E-state index contributed by atoms with van der Waals surface area (Å²) < 4.78 is 1.79. The van der Waals surface area contributed by atoms with E-state index in [4.69, 9.17) is 0 Å². The number of aryl methyl sites for hydroxylation is 2. The van der Waals surface area contributed by atoms with Crippen LogP contribution in [0.3, 0.4) is 0 Å². The van der Waals surface area contributed by atoms with E-state index in [9.17, 15) is 4.79 Å². The Balaban J connectivity index is 2.24. The first-order chi connectivity index (χ1) is 8.20. The van der Waals surface area contributed by atoms with E-state index in [0.717, 1.165) is 18.5 Å². The van der Waals surface area contributed by atoms with Gasteiger partial charge in [-0.25, -0.2) is 0 Å². The maximum Gasteiger partial charge on any atom is 0.197 e. The highest BCUT2D eigenvalue weighted by atomic mass is 16.1. The first kappa shape index (κ1) is 11.5. The van der Waals surface area contributed by atoms with Gasteiger partial charge in [0, 0.05) is 30.7 Å². The lowest BCUT2D eigenvalue weighted by atomic mass is 10.1. The molecule has 2 heterocycles. The Morgan fingerprint density at radius 3 is 2.82 bits per heavy atom. The van der Waals surface area contributed by atoms with Gasteiger partial charge in [0.1, 0.15) is 0 Å². The van der Waals surface area contributed by atoms with E-state index in [1.807, 2.05) is 13.0 Å². The van der Waals surface area contributed by atoms with Crippen molar-refractivity contribution in [1.29, 1.82) is 0 Å². The van der Waals surface area contributed by atoms with Gasteiger partial charge in [0.25, 0.3) is 0 Å². The van der Waals surface area contributed by atoms with Gasteiger partial charge in [0.05, 0.1) is 11.8 Å². The van der Waals surface area contributed by atoms with E-state index in [0.29, 0.717) is 11.1 Å². The Kier molecular flexibility index (Phi) is 3.32. The molecule has 0 aliphatic rings. The molecule has 0 N–H and O–H groups in total. The normalized spacial score (nSPS) is 10.5. The molecule has 2 aromatic rings. The molecule has 2 rings (SSSR count). The van der Waals surface area contributed by atoms with Crippen LogP contribution in [0.1, 0.15) is 34.8 Å². The second-order valence-corrected chi connectivity index (χ2v) is 4.07. The maximum atomic E-state index is 12.1. The summed E-state index contributed by atoms with van der Waals surface area (Å²) >= 11 is 0. The van der Waals surface area contributed by atoms with Crippen LogP contribution < -0.4 is 0 Å². The second-order valence-electron chi connectivity index (χ2n) is 4.07. The van der Waals surface area contributed by atoms with Gasteiger partial charge < -0.3 is 0 Å². The quantitative estimate of drug-likeness (QED) is 0.755. The number of hydrogen-bond donors (Lipinski definition) is 0. The first-order valence-corrected chi connectivity index (χ1v) is 5.69. The molecule has 4 nitrogen and oxygen atoms in total. The highest BCUT2D eigenvalue weighted by molar-refractivity contribution is 6.08. The lowest BCUT2D eigenvalue weighted by molar-refractivity contribution is 0.103. The summed E-state index contributed by atoms with van der Waals surface area (Å²) in [5.74, 6) is -0.0245. The largest absolute Gasteiger partial charge is 0.288 e. The molecule has 0 unspecified atom stereocenters. The Hall–Kier alpha value is -1.97. The van der Waals surface area contributed by atoms with Gasteiger partial charge in [-0.2, -0.15) is 5.10 Å². The standard InChI is InChI=1S/C13H15N3O/c1-3-4-16-9-12(8-15-16)13(17)11-5-10(2)6-14-7-11/h5-9H,3-4H2,1-2H3. The zero-order chi connectivity index (χ0) is 12.3. The van der Waals surface area contributed by atoms with Crippen molar-refractivity contribution in [3.8, 4) is 0 Å². The predicted octanol–water partition coefficient (Wildman–Crippen LogP) is 2.23. The average molecular weight is 229 g/mol. The van der Waals surface area contributed by atoms with Crippen LogP contribution in [0.15, 0.2) is 30.9 Å². The van der Waals surface area contributed by atoms with Gasteiger partial charge in [-0.3, -0.25) is 14.5 Å². The number of carbonyl (C=O) groups is 1. The van der Waals surface area contributed by atoms with Gasteiger partial charge in [-0.05, 0) is 25.0 Å². The van der Waals surface area contributed by atoms with E-state index < -0.39 is 0 Å². The Morgan fingerprint density at radius 2 is 2.12 bits per heavy atom. The topological polar surface area (TPSA) is 47.8 Å². The third kappa shape index (κ3) is 2.58. The number of rotatable bonds is 4. The molecule has 0 spiro atoms. The van der Waals surface area contributed by atoms with Gasteiger partial charge in [-0.15, -0.1) is 0 Å². The fourth-order valence-electron chi connectivity index (χ4n) is 1.68. The van der Waals surface area contributed by atoms with Crippen molar-refractivity contribution in [2.24, 2.45) is 0 Å². The number of nitrogens with zero attached hydrogens (tertiary/aromatic N) is 3. The minimum Gasteiger partial charge on any atom is -0.288 e. The van der Waals surface area contributed by atoms with E-state index in [1.54, 1.807) is 29.5 Å². The highest BCUT2D eigenvalue weighted by Gasteiger charge is 2.11. The Morgan fingerprint density at radius 1 is 1.29 bits per heavy atom. The summed E-state index contributed by atoms with van der Waals surface area (Å²) in [4.78, 5) is 16.1. The SMILES string of the molecule is CCCn1cc(C(=O)c2cncc(C)c2)cn1. The molecule has 0 atom stereocenters. The van der Waals surface area contributed by atoms with Crippen LogP contribution in [0.25, 0.3) is 0 Å². The van der Waals surface area contributed by atoms with Crippen molar-refractivity contribution in [2.45, 2.75) is 26.8 Å². The molecule has 0 aliphatic carbocycles. The van der Waals surface area contributed by atoms with E-state index in [2.05, 4.69) is 17.0 Å². The molecule has 88 valence electrons. The van der Waals surface area contributed by atoms with E-state index in [-0.39, 0.29) is 5.78 Å². The van der Waals surface area contributed by atoms with Gasteiger partial charge >= 0.3 is 0 Å². The van der Waals surface area contributed by atoms with Crippen LogP contribution in [-0.2, 0) is 6.54 Å². The molecule has 0 bridgehead atoms. The number of carbonyl (C=O) groups excluding carboxylic acids is 1. The fourth-order valence-corrected chi connectivity index (χ4v) is 1.68. The van der Waals surface area contributed by atoms with Crippen LogP contribution in [-0.4, -0.2) is 20.5 Å². The van der Waals surface area contributed by atoms with Crippen LogP contribution in [0, 0.1) is 6.92 Å². The molecule has 17 heavy (non-hydrogen) atoms. The number of aromatic nitrogens is 3. The lowest BCUT2D eigenvalue weighted by Gasteiger charge is -1.98. The zero-order valence-corrected chi connectivity index (χ0v) is 10.1. The Bertz CT molecular complexity index is 531. The van der Waals surface area contributed by atoms with E-state index >= 15 is 0 Å². The first-order valence-electron chi connectivity index (χ1n) is 5.69.